The molecule has 0 aliphatic carbocycles. The smallest absolute Gasteiger partial charge is 0.329 e. The number of carbonyl (C=O) groups is 2. The first-order chi connectivity index (χ1) is 16.4. The molecule has 0 saturated carbocycles. The highest BCUT2D eigenvalue weighted by Crippen LogP contribution is 2.40. The summed E-state index contributed by atoms with van der Waals surface area (Å²) in [5.41, 5.74) is 0.852. The lowest BCUT2D eigenvalue weighted by Gasteiger charge is -2.34. The van der Waals surface area contributed by atoms with Crippen LogP contribution in [0.5, 0.6) is 0 Å². The Morgan fingerprint density at radius 1 is 1.11 bits per heavy atom. The highest BCUT2D eigenvalue weighted by molar-refractivity contribution is 6.07. The van der Waals surface area contributed by atoms with Crippen molar-refractivity contribution >= 4 is 17.6 Å². The van der Waals surface area contributed by atoms with Gasteiger partial charge in [0.25, 0.3) is 5.91 Å². The number of nitrogens with zero attached hydrogens (tertiary/aromatic N) is 4. The third-order valence-electron chi connectivity index (χ3n) is 6.04. The third kappa shape index (κ3) is 4.86. The summed E-state index contributed by atoms with van der Waals surface area (Å²) in [6, 6.07) is 11.6. The first kappa shape index (κ1) is 24.3. The number of nitrogens with one attached hydrogen (secondary N) is 1. The van der Waals surface area contributed by atoms with Crippen LogP contribution in [-0.4, -0.2) is 62.1 Å². The molecule has 0 aromatic heterocycles. The Morgan fingerprint density at radius 3 is 2.40 bits per heavy atom. The number of quaternary nitrogens is 1. The second kappa shape index (κ2) is 8.74. The minimum Gasteiger partial charge on any atom is -0.329 e. The van der Waals surface area contributed by atoms with E-state index in [1.54, 1.807) is 29.2 Å². The van der Waals surface area contributed by atoms with E-state index in [9.17, 15) is 22.8 Å². The molecule has 2 aromatic rings. The van der Waals surface area contributed by atoms with Crippen molar-refractivity contribution in [3.8, 4) is 6.07 Å². The van der Waals surface area contributed by atoms with Gasteiger partial charge in [-0.25, -0.2) is 4.79 Å². The van der Waals surface area contributed by atoms with Crippen molar-refractivity contribution in [2.75, 3.05) is 45.7 Å². The summed E-state index contributed by atoms with van der Waals surface area (Å²) < 4.78 is 40.7. The van der Waals surface area contributed by atoms with E-state index >= 15 is 0 Å². The number of urea groups is 1. The Kier molecular flexibility index (Phi) is 6.07. The van der Waals surface area contributed by atoms with Crippen molar-refractivity contribution in [1.29, 1.82) is 5.26 Å². The lowest BCUT2D eigenvalue weighted by Crippen LogP contribution is -2.47. The van der Waals surface area contributed by atoms with Gasteiger partial charge in [-0.2, -0.15) is 18.4 Å². The fourth-order valence-electron chi connectivity index (χ4n) is 4.19. The summed E-state index contributed by atoms with van der Waals surface area (Å²) in [5, 5.41) is 11.9. The van der Waals surface area contributed by atoms with Gasteiger partial charge in [-0.1, -0.05) is 18.2 Å². The number of carbonyl (C=O) groups excluding carboxylic acids is 2. The number of amides is 3. The number of hydrogen-bond acceptors (Lipinski definition) is 3. The summed E-state index contributed by atoms with van der Waals surface area (Å²) in [4.78, 5) is 29.6. The molecule has 2 aliphatic heterocycles. The van der Waals surface area contributed by atoms with Crippen LogP contribution in [0.2, 0.25) is 0 Å². The number of anilines is 1. The van der Waals surface area contributed by atoms with Crippen LogP contribution >= 0.6 is 0 Å². The number of likely N-dealkylation sites (N-methyl/N-ethyl adjacent to an activating group) is 1. The first-order valence-corrected chi connectivity index (χ1v) is 11.0. The third-order valence-corrected chi connectivity index (χ3v) is 6.04. The second-order valence-electron chi connectivity index (χ2n) is 9.60. The minimum atomic E-state index is -4.58. The van der Waals surface area contributed by atoms with Gasteiger partial charge in [0.05, 0.1) is 81.0 Å². The van der Waals surface area contributed by atoms with Crippen LogP contribution in [0, 0.1) is 11.3 Å². The van der Waals surface area contributed by atoms with Crippen molar-refractivity contribution in [1.82, 2.24) is 10.2 Å². The Morgan fingerprint density at radius 2 is 1.80 bits per heavy atom. The van der Waals surface area contributed by atoms with Gasteiger partial charge < -0.3 is 14.7 Å². The monoisotopic (exact) mass is 484 g/mol. The van der Waals surface area contributed by atoms with E-state index in [0.717, 1.165) is 17.0 Å². The SMILES string of the molecule is C[N+](C)(C)CCN1CC2=C(C1=O)[C@@H](c1ccc(C#N)cc1)NC(=O)N2c1cccc(C(F)(F)F)c1. The topological polar surface area (TPSA) is 76.4 Å². The van der Waals surface area contributed by atoms with Crippen LogP contribution in [0.1, 0.15) is 22.7 Å². The minimum absolute atomic E-state index is 0.0318. The van der Waals surface area contributed by atoms with Gasteiger partial charge in [-0.3, -0.25) is 9.69 Å². The van der Waals surface area contributed by atoms with E-state index in [1.807, 2.05) is 27.2 Å². The molecule has 4 rings (SSSR count). The molecule has 1 N–H and O–H groups in total. The van der Waals surface area contributed by atoms with Gasteiger partial charge in [0, 0.05) is 0 Å². The summed E-state index contributed by atoms with van der Waals surface area (Å²) in [5.74, 6) is -0.278. The maximum absolute atomic E-state index is 13.5. The van der Waals surface area contributed by atoms with E-state index < -0.39 is 23.8 Å². The molecule has 0 saturated heterocycles. The molecule has 2 aromatic carbocycles. The molecule has 0 radical (unpaired) electrons. The molecule has 10 heteroatoms. The van der Waals surface area contributed by atoms with E-state index in [1.165, 1.54) is 12.1 Å². The molecule has 3 amide bonds. The van der Waals surface area contributed by atoms with Gasteiger partial charge in [0.15, 0.2) is 0 Å². The number of nitriles is 1. The highest BCUT2D eigenvalue weighted by Gasteiger charge is 2.45. The zero-order valence-electron chi connectivity index (χ0n) is 19.6. The Hall–Kier alpha value is -3.84. The second-order valence-corrected chi connectivity index (χ2v) is 9.60. The van der Waals surface area contributed by atoms with Gasteiger partial charge >= 0.3 is 12.2 Å². The average Bonchev–Trinajstić information content (AvgIpc) is 3.12. The molecule has 35 heavy (non-hydrogen) atoms. The van der Waals surface area contributed by atoms with Gasteiger partial charge in [-0.15, -0.1) is 0 Å². The normalized spacial score (nSPS) is 18.5. The molecule has 2 heterocycles. The first-order valence-electron chi connectivity index (χ1n) is 11.0. The molecule has 1 atom stereocenters. The van der Waals surface area contributed by atoms with Crippen molar-refractivity contribution in [2.24, 2.45) is 0 Å². The summed E-state index contributed by atoms with van der Waals surface area (Å²) in [6.07, 6.45) is -4.58. The number of benzene rings is 2. The molecule has 0 bridgehead atoms. The summed E-state index contributed by atoms with van der Waals surface area (Å²) in [7, 11) is 5.98. The maximum Gasteiger partial charge on any atom is 0.416 e. The van der Waals surface area contributed by atoms with E-state index in [0.29, 0.717) is 40.0 Å². The van der Waals surface area contributed by atoms with Crippen LogP contribution in [0.15, 0.2) is 59.8 Å². The summed E-state index contributed by atoms with van der Waals surface area (Å²) in [6.45, 7) is 1.17. The Balaban J connectivity index is 1.79. The van der Waals surface area contributed by atoms with Crippen LogP contribution in [-0.2, 0) is 11.0 Å². The quantitative estimate of drug-likeness (QED) is 0.659. The molecular weight excluding hydrogens is 459 g/mol. The van der Waals surface area contributed by atoms with Gasteiger partial charge in [-0.05, 0) is 35.9 Å². The molecule has 182 valence electrons. The highest BCUT2D eigenvalue weighted by atomic mass is 19.4. The average molecular weight is 485 g/mol. The predicted molar refractivity (Wildman–Crippen MR) is 123 cm³/mol. The molecule has 7 nitrogen and oxygen atoms in total. The number of alkyl halides is 3. The van der Waals surface area contributed by atoms with Crippen LogP contribution in [0.3, 0.4) is 0 Å². The van der Waals surface area contributed by atoms with Crippen LogP contribution < -0.4 is 10.2 Å². The van der Waals surface area contributed by atoms with Crippen molar-refractivity contribution in [2.45, 2.75) is 12.2 Å². The van der Waals surface area contributed by atoms with Crippen LogP contribution in [0.4, 0.5) is 23.7 Å². The summed E-state index contributed by atoms with van der Waals surface area (Å²) >= 11 is 0. The largest absolute Gasteiger partial charge is 0.416 e. The molecule has 2 aliphatic rings. The number of rotatable bonds is 5. The van der Waals surface area contributed by atoms with Crippen molar-refractivity contribution in [3.05, 3.63) is 76.5 Å². The Labute approximate surface area is 201 Å². The number of halogens is 3. The van der Waals surface area contributed by atoms with E-state index in [4.69, 9.17) is 5.26 Å². The molecule has 0 fully saturated rings. The zero-order chi connectivity index (χ0) is 25.5. The predicted octanol–water partition coefficient (Wildman–Crippen LogP) is 3.65. The van der Waals surface area contributed by atoms with E-state index in [2.05, 4.69) is 5.32 Å². The molecule has 0 spiro atoms. The number of hydrogen-bond donors (Lipinski definition) is 1. The molecular formula is C25H25F3N5O2+. The zero-order valence-corrected chi connectivity index (χ0v) is 19.6. The standard InChI is InChI=1S/C25H24F3N5O2/c1-33(2,3)12-11-31-15-20-21(23(31)34)22(17-9-7-16(14-29)8-10-17)30-24(35)32(20)19-6-4-5-18(13-19)25(26,27)28/h4-10,13,22H,11-12,15H2,1-3H3/p+1/t22-/m1/s1. The fourth-order valence-corrected chi connectivity index (χ4v) is 4.19. The fraction of sp³-hybridized carbons (Fsp3) is 0.320. The van der Waals surface area contributed by atoms with Crippen molar-refractivity contribution < 1.29 is 27.2 Å². The van der Waals surface area contributed by atoms with Crippen molar-refractivity contribution in [3.63, 3.8) is 0 Å². The van der Waals surface area contributed by atoms with E-state index in [-0.39, 0.29) is 18.1 Å². The lowest BCUT2D eigenvalue weighted by atomic mass is 9.94. The van der Waals surface area contributed by atoms with Crippen LogP contribution in [0.25, 0.3) is 0 Å². The molecule has 0 unspecified atom stereocenters. The lowest BCUT2D eigenvalue weighted by molar-refractivity contribution is -0.869. The Bertz CT molecular complexity index is 1240. The maximum atomic E-state index is 13.5. The van der Waals surface area contributed by atoms with Gasteiger partial charge in [0.2, 0.25) is 0 Å². The van der Waals surface area contributed by atoms with Gasteiger partial charge in [0.1, 0.15) is 0 Å².